The van der Waals surface area contributed by atoms with Gasteiger partial charge in [-0.05, 0) is 60.2 Å². The van der Waals surface area contributed by atoms with Crippen LogP contribution in [0.25, 0.3) is 5.57 Å². The molecule has 0 amide bonds. The van der Waals surface area contributed by atoms with Crippen LogP contribution in [0.4, 0.5) is 0 Å². The molecule has 0 saturated carbocycles. The van der Waals surface area contributed by atoms with Crippen molar-refractivity contribution in [3.8, 4) is 0 Å². The first kappa shape index (κ1) is 24.0. The number of carboxylic acid groups (broad SMARTS) is 1. The van der Waals surface area contributed by atoms with Gasteiger partial charge < -0.3 is 9.53 Å². The molecular formula is C25H35NO3Si. The lowest BCUT2D eigenvalue weighted by atomic mass is 9.96. The van der Waals surface area contributed by atoms with Crippen LogP contribution in [0.1, 0.15) is 63.1 Å². The number of hydrogen-bond acceptors (Lipinski definition) is 3. The Balaban J connectivity index is 2.12. The summed E-state index contributed by atoms with van der Waals surface area (Å²) < 4.78 is 6.34. The number of nitrogens with zero attached hydrogens (tertiary/aromatic N) is 1. The number of allylic oxidation sites excluding steroid dienone is 1. The molecule has 1 heterocycles. The average molecular weight is 426 g/mol. The smallest absolute Gasteiger partial charge is 0.303 e. The third-order valence-corrected chi connectivity index (χ3v) is 10.3. The number of pyridine rings is 1. The molecule has 2 aromatic rings. The molecule has 4 nitrogen and oxygen atoms in total. The number of carbonyl (C=O) groups is 1. The van der Waals surface area contributed by atoms with Crippen LogP contribution >= 0.6 is 0 Å². The van der Waals surface area contributed by atoms with Crippen LogP contribution in [0.2, 0.25) is 18.1 Å². The molecule has 162 valence electrons. The molecule has 0 aliphatic carbocycles. The first-order chi connectivity index (χ1) is 14.1. The van der Waals surface area contributed by atoms with Crippen molar-refractivity contribution in [3.05, 3.63) is 71.6 Å². The van der Waals surface area contributed by atoms with Gasteiger partial charge in [0.15, 0.2) is 8.32 Å². The molecule has 0 aliphatic rings. The largest absolute Gasteiger partial charge is 0.481 e. The predicted octanol–water partition coefficient (Wildman–Crippen LogP) is 6.68. The second kappa shape index (κ2) is 10.7. The van der Waals surface area contributed by atoms with Gasteiger partial charge in [0.05, 0.1) is 6.61 Å². The summed E-state index contributed by atoms with van der Waals surface area (Å²) in [4.78, 5) is 15.0. The lowest BCUT2D eigenvalue weighted by molar-refractivity contribution is -0.137. The molecule has 1 aromatic heterocycles. The first-order valence-corrected chi connectivity index (χ1v) is 13.6. The Hall–Kier alpha value is -2.24. The second-order valence-electron chi connectivity index (χ2n) is 9.24. The molecule has 30 heavy (non-hydrogen) atoms. The molecule has 0 fully saturated rings. The summed E-state index contributed by atoms with van der Waals surface area (Å²) in [6.07, 6.45) is 8.45. The molecular weight excluding hydrogens is 390 g/mol. The molecule has 0 bridgehead atoms. The number of rotatable bonds is 10. The lowest BCUT2D eigenvalue weighted by Gasteiger charge is -2.36. The Kier molecular flexibility index (Phi) is 8.56. The van der Waals surface area contributed by atoms with E-state index in [9.17, 15) is 4.79 Å². The van der Waals surface area contributed by atoms with Crippen molar-refractivity contribution in [2.24, 2.45) is 0 Å². The van der Waals surface area contributed by atoms with Crippen LogP contribution in [0.15, 0.2) is 54.9 Å². The molecule has 2 rings (SSSR count). The predicted molar refractivity (Wildman–Crippen MR) is 126 cm³/mol. The van der Waals surface area contributed by atoms with E-state index in [0.717, 1.165) is 29.5 Å². The zero-order chi connectivity index (χ0) is 22.2. The summed E-state index contributed by atoms with van der Waals surface area (Å²) >= 11 is 0. The fraction of sp³-hybridized carbons (Fsp3) is 0.440. The Morgan fingerprint density at radius 2 is 1.80 bits per heavy atom. The van der Waals surface area contributed by atoms with Crippen molar-refractivity contribution in [1.29, 1.82) is 0 Å². The van der Waals surface area contributed by atoms with Gasteiger partial charge in [-0.15, -0.1) is 0 Å². The van der Waals surface area contributed by atoms with Crippen LogP contribution in [0.3, 0.4) is 0 Å². The van der Waals surface area contributed by atoms with Crippen molar-refractivity contribution < 1.29 is 14.3 Å². The van der Waals surface area contributed by atoms with Gasteiger partial charge in [0.1, 0.15) is 0 Å². The third kappa shape index (κ3) is 7.22. The minimum Gasteiger partial charge on any atom is -0.481 e. The highest BCUT2D eigenvalue weighted by atomic mass is 28.4. The summed E-state index contributed by atoms with van der Waals surface area (Å²) in [7, 11) is -1.77. The normalized spacial score (nSPS) is 12.8. The van der Waals surface area contributed by atoms with Crippen molar-refractivity contribution in [2.75, 3.05) is 0 Å². The van der Waals surface area contributed by atoms with E-state index >= 15 is 0 Å². The molecule has 0 atom stereocenters. The van der Waals surface area contributed by atoms with Crippen LogP contribution in [0, 0.1) is 0 Å². The van der Waals surface area contributed by atoms with Gasteiger partial charge in [-0.25, -0.2) is 0 Å². The number of aromatic nitrogens is 1. The zero-order valence-corrected chi connectivity index (χ0v) is 19.9. The van der Waals surface area contributed by atoms with Crippen LogP contribution in [0.5, 0.6) is 0 Å². The highest BCUT2D eigenvalue weighted by molar-refractivity contribution is 6.74. The summed E-state index contributed by atoms with van der Waals surface area (Å²) in [5, 5.41) is 9.01. The number of carboxylic acids is 1. The quantitative estimate of drug-likeness (QED) is 0.341. The van der Waals surface area contributed by atoms with E-state index in [4.69, 9.17) is 9.53 Å². The Morgan fingerprint density at radius 3 is 2.37 bits per heavy atom. The lowest BCUT2D eigenvalue weighted by Crippen LogP contribution is -2.40. The van der Waals surface area contributed by atoms with Crippen LogP contribution in [-0.2, 0) is 15.8 Å². The minimum absolute atomic E-state index is 0.198. The van der Waals surface area contributed by atoms with Crippen molar-refractivity contribution in [3.63, 3.8) is 0 Å². The van der Waals surface area contributed by atoms with E-state index in [-0.39, 0.29) is 11.5 Å². The molecule has 1 aromatic carbocycles. The fourth-order valence-electron chi connectivity index (χ4n) is 2.85. The van der Waals surface area contributed by atoms with E-state index in [1.807, 2.05) is 12.3 Å². The molecule has 0 spiro atoms. The van der Waals surface area contributed by atoms with E-state index in [1.54, 1.807) is 6.20 Å². The number of aliphatic carboxylic acids is 1. The van der Waals surface area contributed by atoms with Crippen LogP contribution in [-0.4, -0.2) is 24.4 Å². The van der Waals surface area contributed by atoms with E-state index < -0.39 is 14.3 Å². The van der Waals surface area contributed by atoms with Gasteiger partial charge in [0.2, 0.25) is 0 Å². The summed E-state index contributed by atoms with van der Waals surface area (Å²) in [6.45, 7) is 11.9. The van der Waals surface area contributed by atoms with Gasteiger partial charge in [0.25, 0.3) is 0 Å². The van der Waals surface area contributed by atoms with E-state index in [2.05, 4.69) is 75.3 Å². The van der Waals surface area contributed by atoms with Crippen molar-refractivity contribution in [1.82, 2.24) is 4.98 Å². The topological polar surface area (TPSA) is 59.4 Å². The second-order valence-corrected chi connectivity index (χ2v) is 14.1. The van der Waals surface area contributed by atoms with Crippen LogP contribution < -0.4 is 0 Å². The fourth-order valence-corrected chi connectivity index (χ4v) is 3.81. The summed E-state index contributed by atoms with van der Waals surface area (Å²) in [6, 6.07) is 12.6. The molecule has 0 saturated heterocycles. The zero-order valence-electron chi connectivity index (χ0n) is 18.9. The molecule has 0 aliphatic heterocycles. The van der Waals surface area contributed by atoms with E-state index in [0.29, 0.717) is 13.0 Å². The Labute approximate surface area is 182 Å². The van der Waals surface area contributed by atoms with Gasteiger partial charge in [-0.3, -0.25) is 9.78 Å². The maximum atomic E-state index is 10.7. The van der Waals surface area contributed by atoms with Gasteiger partial charge in [-0.1, -0.05) is 57.2 Å². The van der Waals surface area contributed by atoms with Gasteiger partial charge in [-0.2, -0.15) is 0 Å². The molecule has 0 unspecified atom stereocenters. The van der Waals surface area contributed by atoms with Gasteiger partial charge >= 0.3 is 5.97 Å². The molecule has 1 N–H and O–H groups in total. The maximum absolute atomic E-state index is 10.7. The van der Waals surface area contributed by atoms with Gasteiger partial charge in [0, 0.05) is 24.4 Å². The number of unbranched alkanes of at least 4 members (excludes halogenated alkanes) is 2. The monoisotopic (exact) mass is 425 g/mol. The highest BCUT2D eigenvalue weighted by Crippen LogP contribution is 2.37. The summed E-state index contributed by atoms with van der Waals surface area (Å²) in [5.74, 6) is -0.734. The Bertz CT molecular complexity index is 837. The first-order valence-electron chi connectivity index (χ1n) is 10.7. The standard InChI is InChI=1S/C25H35NO3Si/c1-25(2,3)30(4,5)29-19-20-13-15-21(16-14-20)23(22-10-9-17-26-18-22)11-7-6-8-12-24(27)28/h9-11,13-18H,6-8,12,19H2,1-5H3,(H,27,28)/b23-11+. The van der Waals surface area contributed by atoms with Crippen molar-refractivity contribution >= 4 is 19.9 Å². The SMILES string of the molecule is CC(C)(C)[Si](C)(C)OCc1ccc(/C(=C\CCCCC(=O)O)c2cccnc2)cc1. The Morgan fingerprint density at radius 1 is 1.10 bits per heavy atom. The molecule has 5 heteroatoms. The summed E-state index contributed by atoms with van der Waals surface area (Å²) in [5.41, 5.74) is 4.52. The van der Waals surface area contributed by atoms with E-state index in [1.165, 1.54) is 5.56 Å². The number of benzene rings is 1. The number of hydrogen-bond donors (Lipinski definition) is 1. The molecule has 0 radical (unpaired) electrons. The maximum Gasteiger partial charge on any atom is 0.303 e. The average Bonchev–Trinajstić information content (AvgIpc) is 2.69. The third-order valence-electron chi connectivity index (χ3n) is 5.84. The van der Waals surface area contributed by atoms with Crippen molar-refractivity contribution in [2.45, 2.75) is 71.2 Å². The minimum atomic E-state index is -1.77. The highest BCUT2D eigenvalue weighted by Gasteiger charge is 2.36.